The number of amides is 1. The summed E-state index contributed by atoms with van der Waals surface area (Å²) in [6.07, 6.45) is 0. The molecule has 1 unspecified atom stereocenters. The number of hydrogen-bond acceptors (Lipinski definition) is 6. The third-order valence-corrected chi connectivity index (χ3v) is 6.54. The second kappa shape index (κ2) is 9.67. The number of halogens is 1. The summed E-state index contributed by atoms with van der Waals surface area (Å²) < 4.78 is 11.3. The number of nitrogens with zero attached hydrogens (tertiary/aromatic N) is 2. The third-order valence-electron chi connectivity index (χ3n) is 6.31. The number of hydrogen-bond donors (Lipinski definition) is 1. The zero-order valence-electron chi connectivity index (χ0n) is 20.6. The van der Waals surface area contributed by atoms with E-state index in [4.69, 9.17) is 20.8 Å². The minimum absolute atomic E-state index is 0.00933. The number of benzene rings is 3. The first-order chi connectivity index (χ1) is 17.8. The quantitative estimate of drug-likeness (QED) is 0.289. The summed E-state index contributed by atoms with van der Waals surface area (Å²) in [6, 6.07) is 20.2. The molecular weight excluding hydrogens is 492 g/mol. The van der Waals surface area contributed by atoms with E-state index in [-0.39, 0.29) is 11.3 Å². The number of rotatable bonds is 7. The van der Waals surface area contributed by atoms with Crippen molar-refractivity contribution >= 4 is 45.6 Å². The number of carbonyl (C=O) groups excluding carboxylic acids is 2. The Bertz CT molecular complexity index is 1520. The Morgan fingerprint density at radius 3 is 2.41 bits per heavy atom. The van der Waals surface area contributed by atoms with E-state index in [0.29, 0.717) is 39.6 Å². The van der Waals surface area contributed by atoms with Gasteiger partial charge in [-0.15, -0.1) is 0 Å². The van der Waals surface area contributed by atoms with Crippen LogP contribution in [0.15, 0.2) is 88.5 Å². The van der Waals surface area contributed by atoms with Gasteiger partial charge in [0.25, 0.3) is 5.91 Å². The van der Waals surface area contributed by atoms with Crippen LogP contribution in [-0.2, 0) is 4.79 Å². The van der Waals surface area contributed by atoms with Gasteiger partial charge >= 0.3 is 0 Å². The topological polar surface area (TPSA) is 83.2 Å². The van der Waals surface area contributed by atoms with Crippen LogP contribution in [0.4, 0.5) is 11.4 Å². The molecule has 1 atom stereocenters. The molecule has 0 aliphatic carbocycles. The Hall–Kier alpha value is -4.23. The summed E-state index contributed by atoms with van der Waals surface area (Å²) in [7, 11) is 3.85. The molecule has 188 valence electrons. The van der Waals surface area contributed by atoms with Crippen molar-refractivity contribution in [2.45, 2.75) is 13.0 Å². The van der Waals surface area contributed by atoms with E-state index in [1.165, 1.54) is 4.90 Å². The molecule has 1 amide bonds. The Balaban J connectivity index is 1.62. The lowest BCUT2D eigenvalue weighted by molar-refractivity contribution is -0.117. The van der Waals surface area contributed by atoms with Crippen molar-refractivity contribution in [2.75, 3.05) is 30.5 Å². The van der Waals surface area contributed by atoms with Gasteiger partial charge < -0.3 is 19.2 Å². The van der Waals surface area contributed by atoms with Crippen LogP contribution in [0.25, 0.3) is 11.0 Å². The highest BCUT2D eigenvalue weighted by Crippen LogP contribution is 2.43. The number of anilines is 2. The van der Waals surface area contributed by atoms with Crippen LogP contribution >= 0.6 is 11.6 Å². The molecule has 8 heteroatoms. The van der Waals surface area contributed by atoms with Crippen LogP contribution in [0.1, 0.15) is 29.1 Å². The normalized spacial score (nSPS) is 15.5. The van der Waals surface area contributed by atoms with Crippen LogP contribution in [0.2, 0.25) is 5.02 Å². The summed E-state index contributed by atoms with van der Waals surface area (Å²) in [6.45, 7) is 2.39. The minimum atomic E-state index is -0.869. The number of aliphatic hydroxyl groups excluding tert-OH is 1. The van der Waals surface area contributed by atoms with Crippen molar-refractivity contribution in [3.05, 3.63) is 100 Å². The van der Waals surface area contributed by atoms with Gasteiger partial charge in [-0.05, 0) is 73.2 Å². The van der Waals surface area contributed by atoms with Gasteiger partial charge in [0.2, 0.25) is 5.78 Å². The van der Waals surface area contributed by atoms with Crippen molar-refractivity contribution in [2.24, 2.45) is 0 Å². The standard InChI is InChI=1S/C29H25ClN2O5/c1-4-36-22-12-10-21(11-13-22)32-26(17-5-8-20(9-6-17)31(2)3)25(28(34)29(32)35)27(33)24-16-18-15-19(30)7-14-23(18)37-24/h5-16,26,34H,4H2,1-3H3. The number of carbonyl (C=O) groups is 2. The second-order valence-electron chi connectivity index (χ2n) is 8.87. The van der Waals surface area contributed by atoms with Crippen LogP contribution < -0.4 is 14.5 Å². The Kier molecular flexibility index (Phi) is 6.39. The number of aliphatic hydroxyl groups is 1. The molecule has 0 spiro atoms. The predicted octanol–water partition coefficient (Wildman–Crippen LogP) is 6.33. The third kappa shape index (κ3) is 4.42. The molecule has 7 nitrogen and oxygen atoms in total. The van der Waals surface area contributed by atoms with E-state index < -0.39 is 23.5 Å². The van der Waals surface area contributed by atoms with Gasteiger partial charge in [-0.25, -0.2) is 0 Å². The highest BCUT2D eigenvalue weighted by molar-refractivity contribution is 6.31. The average Bonchev–Trinajstić information content (AvgIpc) is 3.43. The predicted molar refractivity (Wildman–Crippen MR) is 144 cm³/mol. The fraction of sp³-hybridized carbons (Fsp3) is 0.172. The van der Waals surface area contributed by atoms with Gasteiger partial charge in [-0.1, -0.05) is 23.7 Å². The van der Waals surface area contributed by atoms with Gasteiger partial charge in [0.15, 0.2) is 11.5 Å². The van der Waals surface area contributed by atoms with E-state index in [9.17, 15) is 14.7 Å². The summed E-state index contributed by atoms with van der Waals surface area (Å²) in [5, 5.41) is 12.2. The molecule has 0 saturated carbocycles. The molecule has 0 bridgehead atoms. The molecule has 3 aromatic carbocycles. The SMILES string of the molecule is CCOc1ccc(N2C(=O)C(O)=C(C(=O)c3cc4cc(Cl)ccc4o3)C2c2ccc(N(C)C)cc2)cc1. The first kappa shape index (κ1) is 24.5. The van der Waals surface area contributed by atoms with Gasteiger partial charge in [0.05, 0.1) is 18.2 Å². The van der Waals surface area contributed by atoms with Crippen LogP contribution in [0, 0.1) is 0 Å². The van der Waals surface area contributed by atoms with Gasteiger partial charge in [-0.2, -0.15) is 0 Å². The van der Waals surface area contributed by atoms with Crippen LogP contribution in [-0.4, -0.2) is 37.5 Å². The number of Topliss-reactive ketones (excluding diaryl/α,β-unsaturated/α-hetero) is 1. The molecule has 2 heterocycles. The van der Waals surface area contributed by atoms with Crippen molar-refractivity contribution in [3.63, 3.8) is 0 Å². The minimum Gasteiger partial charge on any atom is -0.503 e. The van der Waals surface area contributed by atoms with Crippen molar-refractivity contribution in [1.82, 2.24) is 0 Å². The summed E-state index contributed by atoms with van der Waals surface area (Å²) >= 11 is 6.09. The molecular formula is C29H25ClN2O5. The molecule has 37 heavy (non-hydrogen) atoms. The maximum absolute atomic E-state index is 13.8. The zero-order chi connectivity index (χ0) is 26.3. The maximum atomic E-state index is 13.8. The molecule has 1 aromatic heterocycles. The number of ketones is 1. The smallest absolute Gasteiger partial charge is 0.294 e. The fourth-order valence-corrected chi connectivity index (χ4v) is 4.68. The van der Waals surface area contributed by atoms with Gasteiger partial charge in [-0.3, -0.25) is 14.5 Å². The van der Waals surface area contributed by atoms with E-state index in [1.807, 2.05) is 50.2 Å². The molecule has 1 N–H and O–H groups in total. The monoisotopic (exact) mass is 516 g/mol. The zero-order valence-corrected chi connectivity index (χ0v) is 21.3. The van der Waals surface area contributed by atoms with Crippen LogP contribution in [0.5, 0.6) is 5.75 Å². The highest BCUT2D eigenvalue weighted by atomic mass is 35.5. The first-order valence-electron chi connectivity index (χ1n) is 11.8. The average molecular weight is 517 g/mol. The van der Waals surface area contributed by atoms with Gasteiger partial charge in [0.1, 0.15) is 11.3 Å². The largest absolute Gasteiger partial charge is 0.503 e. The van der Waals surface area contributed by atoms with Crippen LogP contribution in [0.3, 0.4) is 0 Å². The molecule has 4 aromatic rings. The Labute approximate surface area is 219 Å². The Morgan fingerprint density at radius 1 is 1.05 bits per heavy atom. The summed E-state index contributed by atoms with van der Waals surface area (Å²) in [5.41, 5.74) is 2.56. The first-order valence-corrected chi connectivity index (χ1v) is 12.2. The maximum Gasteiger partial charge on any atom is 0.294 e. The molecule has 0 saturated heterocycles. The molecule has 0 radical (unpaired) electrons. The lowest BCUT2D eigenvalue weighted by Crippen LogP contribution is -2.31. The van der Waals surface area contributed by atoms with Crippen molar-refractivity contribution in [1.29, 1.82) is 0 Å². The summed E-state index contributed by atoms with van der Waals surface area (Å²) in [4.78, 5) is 30.6. The lowest BCUT2D eigenvalue weighted by atomic mass is 9.94. The number of fused-ring (bicyclic) bond motifs is 1. The van der Waals surface area contributed by atoms with E-state index in [2.05, 4.69) is 0 Å². The van der Waals surface area contributed by atoms with E-state index in [1.54, 1.807) is 48.5 Å². The number of furan rings is 1. The van der Waals surface area contributed by atoms with Crippen molar-refractivity contribution in [3.8, 4) is 5.75 Å². The number of ether oxygens (including phenoxy) is 1. The Morgan fingerprint density at radius 2 is 1.76 bits per heavy atom. The van der Waals surface area contributed by atoms with Gasteiger partial charge in [0, 0.05) is 35.9 Å². The molecule has 5 rings (SSSR count). The summed E-state index contributed by atoms with van der Waals surface area (Å²) in [5.74, 6) is -1.20. The second-order valence-corrected chi connectivity index (χ2v) is 9.31. The van der Waals surface area contributed by atoms with Crippen molar-refractivity contribution < 1.29 is 23.8 Å². The molecule has 1 aliphatic rings. The molecule has 1 aliphatic heterocycles. The van der Waals surface area contributed by atoms with E-state index in [0.717, 1.165) is 5.69 Å². The molecule has 0 fully saturated rings. The highest BCUT2D eigenvalue weighted by Gasteiger charge is 2.45. The lowest BCUT2D eigenvalue weighted by Gasteiger charge is -2.27. The van der Waals surface area contributed by atoms with E-state index >= 15 is 0 Å². The fourth-order valence-electron chi connectivity index (χ4n) is 4.50.